The Morgan fingerprint density at radius 2 is 1.94 bits per heavy atom. The zero-order valence-corrected chi connectivity index (χ0v) is 11.7. The smallest absolute Gasteiger partial charge is 0.00861 e. The van der Waals surface area contributed by atoms with E-state index < -0.39 is 0 Å². The van der Waals surface area contributed by atoms with Gasteiger partial charge in [-0.25, -0.2) is 0 Å². The van der Waals surface area contributed by atoms with Crippen molar-refractivity contribution >= 4 is 0 Å². The summed E-state index contributed by atoms with van der Waals surface area (Å²) in [5.41, 5.74) is 0. The Labute approximate surface area is 108 Å². The summed E-state index contributed by atoms with van der Waals surface area (Å²) < 4.78 is 0. The van der Waals surface area contributed by atoms with E-state index in [1.54, 1.807) is 0 Å². The highest BCUT2D eigenvalue weighted by Crippen LogP contribution is 2.33. The molecule has 0 aliphatic heterocycles. The minimum atomic E-state index is 0.762. The number of nitrogens with one attached hydrogen (secondary N) is 1. The maximum atomic E-state index is 5.33. The average molecular weight is 235 g/mol. The largest absolute Gasteiger partial charge is 0.316 e. The number of terminal acetylenes is 1. The van der Waals surface area contributed by atoms with Gasteiger partial charge in [0, 0.05) is 6.42 Å². The Bertz CT molecular complexity index is 226. The van der Waals surface area contributed by atoms with Crippen LogP contribution in [0.5, 0.6) is 0 Å². The summed E-state index contributed by atoms with van der Waals surface area (Å²) in [6, 6.07) is 0. The summed E-state index contributed by atoms with van der Waals surface area (Å²) in [4.78, 5) is 0. The van der Waals surface area contributed by atoms with Gasteiger partial charge in [-0.05, 0) is 50.1 Å². The van der Waals surface area contributed by atoms with Crippen molar-refractivity contribution in [2.45, 2.75) is 58.8 Å². The molecule has 0 heterocycles. The molecule has 1 aliphatic carbocycles. The van der Waals surface area contributed by atoms with Gasteiger partial charge < -0.3 is 5.32 Å². The first-order valence-corrected chi connectivity index (χ1v) is 7.38. The molecular formula is C16H29N. The van der Waals surface area contributed by atoms with E-state index in [9.17, 15) is 0 Å². The van der Waals surface area contributed by atoms with Crippen LogP contribution < -0.4 is 5.32 Å². The van der Waals surface area contributed by atoms with E-state index in [1.165, 1.54) is 45.1 Å². The fraction of sp³-hybridized carbons (Fsp3) is 0.875. The Morgan fingerprint density at radius 1 is 1.24 bits per heavy atom. The fourth-order valence-corrected chi connectivity index (χ4v) is 2.96. The molecule has 2 atom stereocenters. The minimum absolute atomic E-state index is 0.762. The molecule has 1 nitrogen and oxygen atoms in total. The van der Waals surface area contributed by atoms with Crippen LogP contribution in [0, 0.1) is 30.1 Å². The molecule has 1 aliphatic rings. The highest BCUT2D eigenvalue weighted by Gasteiger charge is 2.24. The lowest BCUT2D eigenvalue weighted by Crippen LogP contribution is -2.32. The molecule has 1 fully saturated rings. The van der Waals surface area contributed by atoms with Gasteiger partial charge in [0.2, 0.25) is 0 Å². The zero-order chi connectivity index (χ0) is 12.5. The highest BCUT2D eigenvalue weighted by atomic mass is 14.9. The van der Waals surface area contributed by atoms with Gasteiger partial charge in [0.25, 0.3) is 0 Å². The fourth-order valence-electron chi connectivity index (χ4n) is 2.96. The predicted molar refractivity (Wildman–Crippen MR) is 75.8 cm³/mol. The van der Waals surface area contributed by atoms with E-state index in [0.717, 1.165) is 30.7 Å². The molecule has 0 spiro atoms. The molecule has 0 aromatic carbocycles. The Morgan fingerprint density at radius 3 is 2.59 bits per heavy atom. The van der Waals surface area contributed by atoms with Gasteiger partial charge in [-0.2, -0.15) is 0 Å². The molecule has 1 N–H and O–H groups in total. The van der Waals surface area contributed by atoms with Crippen LogP contribution in [-0.2, 0) is 0 Å². The molecule has 1 heteroatoms. The van der Waals surface area contributed by atoms with E-state index in [0.29, 0.717) is 0 Å². The van der Waals surface area contributed by atoms with Gasteiger partial charge in [0.1, 0.15) is 0 Å². The predicted octanol–water partition coefficient (Wildman–Crippen LogP) is 3.84. The third kappa shape index (κ3) is 6.13. The van der Waals surface area contributed by atoms with Crippen molar-refractivity contribution in [3.63, 3.8) is 0 Å². The lowest BCUT2D eigenvalue weighted by atomic mass is 9.76. The first-order valence-electron chi connectivity index (χ1n) is 7.38. The van der Waals surface area contributed by atoms with Crippen LogP contribution in [0.1, 0.15) is 58.8 Å². The number of rotatable bonds is 7. The summed E-state index contributed by atoms with van der Waals surface area (Å²) in [6.07, 6.45) is 14.6. The molecule has 98 valence electrons. The maximum absolute atomic E-state index is 5.33. The minimum Gasteiger partial charge on any atom is -0.316 e. The van der Waals surface area contributed by atoms with Gasteiger partial charge in [-0.15, -0.1) is 12.3 Å². The van der Waals surface area contributed by atoms with Crippen LogP contribution in [-0.4, -0.2) is 13.1 Å². The molecule has 0 saturated heterocycles. The molecule has 0 bridgehead atoms. The normalized spacial score (nSPS) is 24.8. The summed E-state index contributed by atoms with van der Waals surface area (Å²) in [5, 5.41) is 3.63. The SMILES string of the molecule is C#CCCCC1CCCCC1CNCC(C)C. The van der Waals surface area contributed by atoms with Gasteiger partial charge >= 0.3 is 0 Å². The third-order valence-electron chi connectivity index (χ3n) is 3.92. The van der Waals surface area contributed by atoms with Crippen LogP contribution in [0.2, 0.25) is 0 Å². The molecular weight excluding hydrogens is 206 g/mol. The van der Waals surface area contributed by atoms with Gasteiger partial charge in [-0.1, -0.05) is 33.1 Å². The Kier molecular flexibility index (Phi) is 7.37. The third-order valence-corrected chi connectivity index (χ3v) is 3.92. The number of hydrogen-bond donors (Lipinski definition) is 1. The molecule has 0 amide bonds. The number of hydrogen-bond acceptors (Lipinski definition) is 1. The van der Waals surface area contributed by atoms with Gasteiger partial charge in [-0.3, -0.25) is 0 Å². The van der Waals surface area contributed by atoms with E-state index in [1.807, 2.05) is 0 Å². The average Bonchev–Trinajstić information content (AvgIpc) is 2.31. The van der Waals surface area contributed by atoms with Gasteiger partial charge in [0.05, 0.1) is 0 Å². The summed E-state index contributed by atoms with van der Waals surface area (Å²) >= 11 is 0. The topological polar surface area (TPSA) is 12.0 Å². The van der Waals surface area contributed by atoms with Crippen LogP contribution in [0.15, 0.2) is 0 Å². The maximum Gasteiger partial charge on any atom is 0.00861 e. The lowest BCUT2D eigenvalue weighted by molar-refractivity contribution is 0.213. The second-order valence-electron chi connectivity index (χ2n) is 5.95. The Hall–Kier alpha value is -0.480. The van der Waals surface area contributed by atoms with Crippen molar-refractivity contribution in [3.05, 3.63) is 0 Å². The molecule has 1 saturated carbocycles. The summed E-state index contributed by atoms with van der Waals surface area (Å²) in [7, 11) is 0. The van der Waals surface area contributed by atoms with Crippen molar-refractivity contribution in [2.75, 3.05) is 13.1 Å². The quantitative estimate of drug-likeness (QED) is 0.522. The van der Waals surface area contributed by atoms with Crippen LogP contribution in [0.25, 0.3) is 0 Å². The van der Waals surface area contributed by atoms with Crippen molar-refractivity contribution in [3.8, 4) is 12.3 Å². The highest BCUT2D eigenvalue weighted by molar-refractivity contribution is 4.84. The molecule has 0 aromatic heterocycles. The van der Waals surface area contributed by atoms with E-state index in [2.05, 4.69) is 25.1 Å². The standard InChI is InChI=1S/C16H29N/c1-4-5-6-9-15-10-7-8-11-16(15)13-17-12-14(2)3/h1,14-17H,5-13H2,2-3H3. The second-order valence-corrected chi connectivity index (χ2v) is 5.95. The first-order chi connectivity index (χ1) is 8.24. The second kappa shape index (κ2) is 8.59. The number of unbranched alkanes of at least 4 members (excludes halogenated alkanes) is 1. The zero-order valence-electron chi connectivity index (χ0n) is 11.7. The lowest BCUT2D eigenvalue weighted by Gasteiger charge is -2.32. The molecule has 0 aromatic rings. The van der Waals surface area contributed by atoms with E-state index in [4.69, 9.17) is 6.42 Å². The molecule has 17 heavy (non-hydrogen) atoms. The van der Waals surface area contributed by atoms with Crippen molar-refractivity contribution < 1.29 is 0 Å². The monoisotopic (exact) mass is 235 g/mol. The summed E-state index contributed by atoms with van der Waals surface area (Å²) in [5.74, 6) is 5.36. The van der Waals surface area contributed by atoms with Crippen LogP contribution in [0.4, 0.5) is 0 Å². The molecule has 2 unspecified atom stereocenters. The van der Waals surface area contributed by atoms with E-state index in [-0.39, 0.29) is 0 Å². The summed E-state index contributed by atoms with van der Waals surface area (Å²) in [6.45, 7) is 6.93. The van der Waals surface area contributed by atoms with Crippen LogP contribution >= 0.6 is 0 Å². The van der Waals surface area contributed by atoms with Crippen molar-refractivity contribution in [1.82, 2.24) is 5.32 Å². The van der Waals surface area contributed by atoms with Crippen molar-refractivity contribution in [2.24, 2.45) is 17.8 Å². The molecule has 0 radical (unpaired) electrons. The van der Waals surface area contributed by atoms with Crippen LogP contribution in [0.3, 0.4) is 0 Å². The van der Waals surface area contributed by atoms with Gasteiger partial charge in [0.15, 0.2) is 0 Å². The van der Waals surface area contributed by atoms with E-state index >= 15 is 0 Å². The Balaban J connectivity index is 2.24. The molecule has 1 rings (SSSR count). The first kappa shape index (κ1) is 14.6. The van der Waals surface area contributed by atoms with Crippen molar-refractivity contribution in [1.29, 1.82) is 0 Å².